The van der Waals surface area contributed by atoms with E-state index in [1.807, 2.05) is 0 Å². The first-order valence-electron chi connectivity index (χ1n) is 5.36. The van der Waals surface area contributed by atoms with Crippen molar-refractivity contribution in [2.24, 2.45) is 5.73 Å². The fourth-order valence-corrected chi connectivity index (χ4v) is 1.46. The molecule has 0 aromatic heterocycles. The predicted octanol–water partition coefficient (Wildman–Crippen LogP) is 0.828. The molecule has 3 N–H and O–H groups in total. The van der Waals surface area contributed by atoms with Crippen LogP contribution in [0.25, 0.3) is 0 Å². The van der Waals surface area contributed by atoms with E-state index in [9.17, 15) is 14.0 Å². The normalized spacial score (nSPS) is 11.7. The van der Waals surface area contributed by atoms with Crippen LogP contribution in [0.5, 0.6) is 5.75 Å². The van der Waals surface area contributed by atoms with Crippen LogP contribution >= 0.6 is 0 Å². The lowest BCUT2D eigenvalue weighted by Gasteiger charge is -2.12. The van der Waals surface area contributed by atoms with Gasteiger partial charge in [-0.3, -0.25) is 9.59 Å². The van der Waals surface area contributed by atoms with E-state index in [4.69, 9.17) is 10.5 Å². The molecule has 1 rings (SSSR count). The molecule has 0 radical (unpaired) electrons. The number of benzene rings is 1. The number of amides is 2. The summed E-state index contributed by atoms with van der Waals surface area (Å²) in [6.45, 7) is 1.62. The summed E-state index contributed by atoms with van der Waals surface area (Å²) in [6, 6.07) is 3.47. The Morgan fingerprint density at radius 2 is 2.17 bits per heavy atom. The number of nitrogens with one attached hydrogen (secondary N) is 1. The van der Waals surface area contributed by atoms with Gasteiger partial charge in [-0.25, -0.2) is 4.39 Å². The lowest BCUT2D eigenvalue weighted by Crippen LogP contribution is -2.36. The number of hydrogen-bond acceptors (Lipinski definition) is 3. The first-order chi connectivity index (χ1) is 8.43. The van der Waals surface area contributed by atoms with E-state index < -0.39 is 23.7 Å². The number of ether oxygens (including phenoxy) is 1. The highest BCUT2D eigenvalue weighted by Gasteiger charge is 2.15. The molecule has 1 unspecified atom stereocenters. The van der Waals surface area contributed by atoms with Crippen LogP contribution in [0.1, 0.15) is 23.7 Å². The van der Waals surface area contributed by atoms with Gasteiger partial charge in [-0.05, 0) is 19.1 Å². The molecule has 1 aromatic carbocycles. The van der Waals surface area contributed by atoms with Crippen LogP contribution in [0, 0.1) is 5.82 Å². The van der Waals surface area contributed by atoms with Crippen molar-refractivity contribution in [2.75, 3.05) is 7.11 Å². The van der Waals surface area contributed by atoms with E-state index in [0.29, 0.717) is 5.75 Å². The zero-order valence-electron chi connectivity index (χ0n) is 10.2. The van der Waals surface area contributed by atoms with Crippen LogP contribution in [0.2, 0.25) is 0 Å². The van der Waals surface area contributed by atoms with E-state index in [0.717, 1.165) is 6.07 Å². The molecule has 18 heavy (non-hydrogen) atoms. The van der Waals surface area contributed by atoms with Crippen LogP contribution in [0.4, 0.5) is 4.39 Å². The smallest absolute Gasteiger partial charge is 0.254 e. The summed E-state index contributed by atoms with van der Waals surface area (Å²) in [4.78, 5) is 22.4. The largest absolute Gasteiger partial charge is 0.497 e. The number of rotatable bonds is 5. The van der Waals surface area contributed by atoms with Crippen LogP contribution < -0.4 is 15.8 Å². The maximum Gasteiger partial charge on any atom is 0.254 e. The van der Waals surface area contributed by atoms with Crippen molar-refractivity contribution in [1.29, 1.82) is 0 Å². The second kappa shape index (κ2) is 6.00. The van der Waals surface area contributed by atoms with Crippen LogP contribution in [0.15, 0.2) is 18.2 Å². The number of primary amides is 1. The van der Waals surface area contributed by atoms with Crippen molar-refractivity contribution in [3.05, 3.63) is 29.6 Å². The van der Waals surface area contributed by atoms with Crippen LogP contribution in [-0.4, -0.2) is 25.0 Å². The Morgan fingerprint density at radius 1 is 1.50 bits per heavy atom. The van der Waals surface area contributed by atoms with Gasteiger partial charge in [0.15, 0.2) is 0 Å². The van der Waals surface area contributed by atoms with Gasteiger partial charge in [0.05, 0.1) is 12.7 Å². The summed E-state index contributed by atoms with van der Waals surface area (Å²) in [5.74, 6) is -1.48. The Balaban J connectivity index is 2.75. The zero-order chi connectivity index (χ0) is 13.7. The fourth-order valence-electron chi connectivity index (χ4n) is 1.46. The molecule has 0 aliphatic rings. The molecule has 5 nitrogen and oxygen atoms in total. The predicted molar refractivity (Wildman–Crippen MR) is 63.7 cm³/mol. The van der Waals surface area contributed by atoms with Gasteiger partial charge in [-0.1, -0.05) is 0 Å². The minimum absolute atomic E-state index is 0.00349. The molecule has 98 valence electrons. The molecule has 0 fully saturated rings. The minimum atomic E-state index is -0.682. The summed E-state index contributed by atoms with van der Waals surface area (Å²) in [7, 11) is 1.41. The van der Waals surface area contributed by atoms with Gasteiger partial charge >= 0.3 is 0 Å². The third-order valence-corrected chi connectivity index (χ3v) is 2.31. The van der Waals surface area contributed by atoms with Gasteiger partial charge < -0.3 is 15.8 Å². The maximum absolute atomic E-state index is 13.6. The van der Waals surface area contributed by atoms with Gasteiger partial charge in [0.25, 0.3) is 5.91 Å². The maximum atomic E-state index is 13.6. The summed E-state index contributed by atoms with van der Waals surface area (Å²) >= 11 is 0. The molecule has 6 heteroatoms. The highest BCUT2D eigenvalue weighted by atomic mass is 19.1. The highest BCUT2D eigenvalue weighted by Crippen LogP contribution is 2.16. The number of carbonyl (C=O) groups excluding carboxylic acids is 2. The molecule has 0 aliphatic heterocycles. The third kappa shape index (κ3) is 3.73. The van der Waals surface area contributed by atoms with E-state index in [1.54, 1.807) is 6.92 Å². The fraction of sp³-hybridized carbons (Fsp3) is 0.333. The molecule has 1 atom stereocenters. The van der Waals surface area contributed by atoms with Gasteiger partial charge in [0.2, 0.25) is 5.91 Å². The molecule has 0 bridgehead atoms. The molecule has 2 amide bonds. The number of methoxy groups -OCH3 is 1. The van der Waals surface area contributed by atoms with Gasteiger partial charge in [0.1, 0.15) is 11.6 Å². The first kappa shape index (κ1) is 14.0. The van der Waals surface area contributed by atoms with E-state index in [-0.39, 0.29) is 12.0 Å². The standard InChI is InChI=1S/C12H15FN2O3/c1-7(5-11(14)16)15-12(17)9-4-3-8(18-2)6-10(9)13/h3-4,6-7H,5H2,1-2H3,(H2,14,16)(H,15,17). The molecule has 1 aromatic rings. The first-order valence-corrected chi connectivity index (χ1v) is 5.36. The molecule has 0 aliphatic carbocycles. The quantitative estimate of drug-likeness (QED) is 0.816. The number of halogens is 1. The molecule has 0 saturated heterocycles. The van der Waals surface area contributed by atoms with Crippen molar-refractivity contribution in [3.63, 3.8) is 0 Å². The molecule has 0 heterocycles. The molecular weight excluding hydrogens is 239 g/mol. The van der Waals surface area contributed by atoms with Crippen molar-refractivity contribution in [1.82, 2.24) is 5.32 Å². The SMILES string of the molecule is COc1ccc(C(=O)NC(C)CC(N)=O)c(F)c1. The van der Waals surface area contributed by atoms with E-state index in [1.165, 1.54) is 19.2 Å². The Hall–Kier alpha value is -2.11. The summed E-state index contributed by atoms with van der Waals surface area (Å²) < 4.78 is 18.4. The third-order valence-electron chi connectivity index (χ3n) is 2.31. The van der Waals surface area contributed by atoms with Gasteiger partial charge in [0, 0.05) is 18.5 Å². The molecule has 0 saturated carbocycles. The summed E-state index contributed by atoms with van der Waals surface area (Å²) in [6.07, 6.45) is 0.00349. The van der Waals surface area contributed by atoms with Gasteiger partial charge in [-0.15, -0.1) is 0 Å². The summed E-state index contributed by atoms with van der Waals surface area (Å²) in [5, 5.41) is 2.49. The molecular formula is C12H15FN2O3. The van der Waals surface area contributed by atoms with Crippen molar-refractivity contribution < 1.29 is 18.7 Å². The highest BCUT2D eigenvalue weighted by molar-refractivity contribution is 5.95. The van der Waals surface area contributed by atoms with Crippen LogP contribution in [-0.2, 0) is 4.79 Å². The van der Waals surface area contributed by atoms with Crippen molar-refractivity contribution in [2.45, 2.75) is 19.4 Å². The lowest BCUT2D eigenvalue weighted by molar-refractivity contribution is -0.118. The van der Waals surface area contributed by atoms with Gasteiger partial charge in [-0.2, -0.15) is 0 Å². The zero-order valence-corrected chi connectivity index (χ0v) is 10.2. The minimum Gasteiger partial charge on any atom is -0.497 e. The van der Waals surface area contributed by atoms with E-state index in [2.05, 4.69) is 5.32 Å². The number of carbonyl (C=O) groups is 2. The Labute approximate surface area is 104 Å². The summed E-state index contributed by atoms with van der Waals surface area (Å²) in [5.41, 5.74) is 4.89. The number of hydrogen-bond donors (Lipinski definition) is 2. The topological polar surface area (TPSA) is 81.4 Å². The second-order valence-electron chi connectivity index (χ2n) is 3.89. The average molecular weight is 254 g/mol. The second-order valence-corrected chi connectivity index (χ2v) is 3.89. The van der Waals surface area contributed by atoms with Crippen LogP contribution in [0.3, 0.4) is 0 Å². The Bertz CT molecular complexity index is 463. The molecule has 0 spiro atoms. The Morgan fingerprint density at radius 3 is 2.67 bits per heavy atom. The monoisotopic (exact) mass is 254 g/mol. The Kier molecular flexibility index (Phi) is 4.65. The van der Waals surface area contributed by atoms with E-state index >= 15 is 0 Å². The lowest BCUT2D eigenvalue weighted by atomic mass is 10.1. The van der Waals surface area contributed by atoms with Crippen molar-refractivity contribution in [3.8, 4) is 5.75 Å². The number of nitrogens with two attached hydrogens (primary N) is 1. The van der Waals surface area contributed by atoms with Crippen molar-refractivity contribution >= 4 is 11.8 Å². The average Bonchev–Trinajstić information content (AvgIpc) is 2.27.